The summed E-state index contributed by atoms with van der Waals surface area (Å²) in [5.41, 5.74) is 1.96. The average Bonchev–Trinajstić information content (AvgIpc) is 3.24. The van der Waals surface area contributed by atoms with Gasteiger partial charge in [-0.05, 0) is 54.3 Å². The van der Waals surface area contributed by atoms with Gasteiger partial charge in [0.1, 0.15) is 5.82 Å². The Bertz CT molecular complexity index is 1100. The second-order valence-corrected chi connectivity index (χ2v) is 9.30. The highest BCUT2D eigenvalue weighted by Gasteiger charge is 2.25. The first-order valence-electron chi connectivity index (χ1n) is 10.2. The van der Waals surface area contributed by atoms with Crippen LogP contribution < -0.4 is 0 Å². The highest BCUT2D eigenvalue weighted by atomic mass is 79.9. The van der Waals surface area contributed by atoms with E-state index in [1.54, 1.807) is 12.1 Å². The summed E-state index contributed by atoms with van der Waals surface area (Å²) in [6.07, 6.45) is 9.09. The van der Waals surface area contributed by atoms with E-state index in [1.807, 2.05) is 59.8 Å². The van der Waals surface area contributed by atoms with Crippen molar-refractivity contribution in [2.75, 3.05) is 13.1 Å². The van der Waals surface area contributed by atoms with Gasteiger partial charge in [0.2, 0.25) is 5.91 Å². The van der Waals surface area contributed by atoms with Gasteiger partial charge in [-0.3, -0.25) is 4.79 Å². The molecule has 0 radical (unpaired) electrons. The minimum Gasteiger partial charge on any atom is -0.339 e. The molecule has 0 spiro atoms. The maximum Gasteiger partial charge on any atom is 0.246 e. The van der Waals surface area contributed by atoms with E-state index < -0.39 is 0 Å². The van der Waals surface area contributed by atoms with E-state index in [2.05, 4.69) is 25.5 Å². The van der Waals surface area contributed by atoms with Gasteiger partial charge in [0, 0.05) is 52.0 Å². The van der Waals surface area contributed by atoms with Gasteiger partial charge >= 0.3 is 0 Å². The molecule has 0 bridgehead atoms. The maximum atomic E-state index is 12.6. The van der Waals surface area contributed by atoms with Crippen molar-refractivity contribution in [2.24, 2.45) is 0 Å². The number of carbonyl (C=O) groups excluding carboxylic acids is 1. The number of halogens is 3. The predicted octanol–water partition coefficient (Wildman–Crippen LogP) is 6.42. The molecule has 31 heavy (non-hydrogen) atoms. The van der Waals surface area contributed by atoms with Crippen LogP contribution in [-0.4, -0.2) is 33.4 Å². The van der Waals surface area contributed by atoms with Gasteiger partial charge in [-0.1, -0.05) is 57.3 Å². The molecule has 0 aliphatic carbocycles. The number of piperidine rings is 1. The van der Waals surface area contributed by atoms with Crippen LogP contribution in [0, 0.1) is 0 Å². The molecule has 1 aliphatic rings. The summed E-state index contributed by atoms with van der Waals surface area (Å²) in [5.74, 6) is 1.39. The molecule has 1 saturated heterocycles. The third kappa shape index (κ3) is 5.40. The first-order valence-corrected chi connectivity index (χ1v) is 11.7. The number of rotatable bonds is 5. The Balaban J connectivity index is 1.38. The zero-order valence-electron chi connectivity index (χ0n) is 16.8. The van der Waals surface area contributed by atoms with Gasteiger partial charge in [-0.15, -0.1) is 0 Å². The van der Waals surface area contributed by atoms with E-state index >= 15 is 0 Å². The van der Waals surface area contributed by atoms with Crippen LogP contribution in [0.3, 0.4) is 0 Å². The van der Waals surface area contributed by atoms with Crippen molar-refractivity contribution in [1.82, 2.24) is 14.5 Å². The molecule has 0 atom stereocenters. The number of nitrogens with zero attached hydrogens (tertiary/aromatic N) is 3. The van der Waals surface area contributed by atoms with Crippen molar-refractivity contribution >= 4 is 51.1 Å². The zero-order valence-corrected chi connectivity index (χ0v) is 19.9. The Morgan fingerprint density at radius 1 is 1.16 bits per heavy atom. The van der Waals surface area contributed by atoms with Crippen molar-refractivity contribution in [1.29, 1.82) is 0 Å². The average molecular weight is 519 g/mol. The molecule has 1 aromatic heterocycles. The van der Waals surface area contributed by atoms with E-state index in [4.69, 9.17) is 23.2 Å². The lowest BCUT2D eigenvalue weighted by atomic mass is 9.95. The quantitative estimate of drug-likeness (QED) is 0.365. The van der Waals surface area contributed by atoms with Crippen molar-refractivity contribution < 1.29 is 4.79 Å². The summed E-state index contributed by atoms with van der Waals surface area (Å²) in [7, 11) is 0. The van der Waals surface area contributed by atoms with Gasteiger partial charge in [0.15, 0.2) is 0 Å². The van der Waals surface area contributed by atoms with Crippen LogP contribution in [0.25, 0.3) is 6.08 Å². The molecular formula is C24H22BrCl2N3O. The van der Waals surface area contributed by atoms with Crippen LogP contribution in [0.2, 0.25) is 10.0 Å². The molecule has 1 fully saturated rings. The molecule has 1 amide bonds. The van der Waals surface area contributed by atoms with Crippen LogP contribution in [-0.2, 0) is 11.3 Å². The standard InChI is InChI=1S/C24H22BrCl2N3O/c25-21-4-2-1-3-17(21)5-8-23(31)29-12-9-18(10-13-29)24-28-11-14-30(24)16-19-15-20(26)6-7-22(19)27/h1-8,11,14-15,18H,9-10,12-13,16H2. The van der Waals surface area contributed by atoms with E-state index in [0.29, 0.717) is 35.6 Å². The van der Waals surface area contributed by atoms with Crippen LogP contribution >= 0.6 is 39.1 Å². The van der Waals surface area contributed by atoms with Crippen molar-refractivity contribution in [3.05, 3.63) is 92.4 Å². The molecule has 160 valence electrons. The van der Waals surface area contributed by atoms with Crippen molar-refractivity contribution in [3.8, 4) is 0 Å². The first kappa shape index (κ1) is 22.1. The van der Waals surface area contributed by atoms with Gasteiger partial charge < -0.3 is 9.47 Å². The topological polar surface area (TPSA) is 38.1 Å². The molecule has 0 saturated carbocycles. The first-order chi connectivity index (χ1) is 15.0. The summed E-state index contributed by atoms with van der Waals surface area (Å²) in [5, 5.41) is 1.37. The molecule has 3 aromatic rings. The molecular weight excluding hydrogens is 497 g/mol. The Labute approximate surface area is 200 Å². The monoisotopic (exact) mass is 517 g/mol. The zero-order chi connectivity index (χ0) is 21.8. The number of aromatic nitrogens is 2. The Morgan fingerprint density at radius 2 is 1.94 bits per heavy atom. The highest BCUT2D eigenvalue weighted by molar-refractivity contribution is 9.10. The minimum absolute atomic E-state index is 0.0447. The fourth-order valence-corrected chi connectivity index (χ4v) is 4.69. The van der Waals surface area contributed by atoms with Crippen LogP contribution in [0.4, 0.5) is 0 Å². The lowest BCUT2D eigenvalue weighted by molar-refractivity contribution is -0.127. The molecule has 1 aliphatic heterocycles. The Hall–Kier alpha value is -2.08. The normalized spacial score (nSPS) is 15.0. The summed E-state index contributed by atoms with van der Waals surface area (Å²) in [4.78, 5) is 19.1. The van der Waals surface area contributed by atoms with E-state index in [1.165, 1.54) is 0 Å². The summed E-state index contributed by atoms with van der Waals surface area (Å²) in [6.45, 7) is 2.06. The lowest BCUT2D eigenvalue weighted by Crippen LogP contribution is -2.37. The number of imidazole rings is 1. The fourth-order valence-electron chi connectivity index (χ4n) is 3.90. The summed E-state index contributed by atoms with van der Waals surface area (Å²) in [6, 6.07) is 13.4. The van der Waals surface area contributed by atoms with Crippen molar-refractivity contribution in [3.63, 3.8) is 0 Å². The molecule has 0 N–H and O–H groups in total. The van der Waals surface area contributed by atoms with E-state index in [-0.39, 0.29) is 5.91 Å². The van der Waals surface area contributed by atoms with Gasteiger partial charge in [0.25, 0.3) is 0 Å². The number of benzene rings is 2. The van der Waals surface area contributed by atoms with Crippen LogP contribution in [0.1, 0.15) is 35.7 Å². The number of amides is 1. The number of hydrogen-bond donors (Lipinski definition) is 0. The molecule has 2 heterocycles. The van der Waals surface area contributed by atoms with Crippen molar-refractivity contribution in [2.45, 2.75) is 25.3 Å². The van der Waals surface area contributed by atoms with E-state index in [9.17, 15) is 4.79 Å². The van der Waals surface area contributed by atoms with Gasteiger partial charge in [-0.25, -0.2) is 4.98 Å². The Kier molecular flexibility index (Phi) is 7.16. The summed E-state index contributed by atoms with van der Waals surface area (Å²) < 4.78 is 3.11. The molecule has 0 unspecified atom stereocenters. The number of carbonyl (C=O) groups is 1. The molecule has 2 aromatic carbocycles. The third-order valence-electron chi connectivity index (χ3n) is 5.58. The van der Waals surface area contributed by atoms with Crippen LogP contribution in [0.15, 0.2) is 65.4 Å². The largest absolute Gasteiger partial charge is 0.339 e. The SMILES string of the molecule is O=C(C=Cc1ccccc1Br)N1CCC(c2nccn2Cc2cc(Cl)ccc2Cl)CC1. The molecule has 7 heteroatoms. The van der Waals surface area contributed by atoms with Gasteiger partial charge in [0.05, 0.1) is 6.54 Å². The number of likely N-dealkylation sites (tertiary alicyclic amines) is 1. The molecule has 4 nitrogen and oxygen atoms in total. The van der Waals surface area contributed by atoms with E-state index in [0.717, 1.165) is 34.3 Å². The fraction of sp³-hybridized carbons (Fsp3) is 0.250. The number of hydrogen-bond acceptors (Lipinski definition) is 2. The minimum atomic E-state index is 0.0447. The smallest absolute Gasteiger partial charge is 0.246 e. The highest BCUT2D eigenvalue weighted by Crippen LogP contribution is 2.29. The Morgan fingerprint density at radius 3 is 2.71 bits per heavy atom. The third-order valence-corrected chi connectivity index (χ3v) is 6.90. The predicted molar refractivity (Wildman–Crippen MR) is 130 cm³/mol. The maximum absolute atomic E-state index is 12.6. The summed E-state index contributed by atoms with van der Waals surface area (Å²) >= 11 is 16.0. The molecule has 4 rings (SSSR count). The van der Waals surface area contributed by atoms with Crippen LogP contribution in [0.5, 0.6) is 0 Å². The second-order valence-electron chi connectivity index (χ2n) is 7.60. The second kappa shape index (κ2) is 10.0. The van der Waals surface area contributed by atoms with Gasteiger partial charge in [-0.2, -0.15) is 0 Å². The lowest BCUT2D eigenvalue weighted by Gasteiger charge is -2.31.